The first kappa shape index (κ1) is 21.7. The molecule has 0 spiro atoms. The molecule has 0 radical (unpaired) electrons. The summed E-state index contributed by atoms with van der Waals surface area (Å²) in [6.07, 6.45) is 3.92. The lowest BCUT2D eigenvalue weighted by atomic mass is 9.96. The molecule has 0 aliphatic carbocycles. The molecule has 3 aromatic rings. The molecule has 2 aromatic heterocycles. The first-order chi connectivity index (χ1) is 15.9. The van der Waals surface area contributed by atoms with Crippen LogP contribution in [0.15, 0.2) is 30.7 Å². The molecule has 1 saturated heterocycles. The molecule has 11 heteroatoms. The zero-order chi connectivity index (χ0) is 23.0. The zero-order valence-electron chi connectivity index (χ0n) is 18.2. The number of nitrogens with one attached hydrogen (secondary N) is 1. The quantitative estimate of drug-likeness (QED) is 0.533. The average molecular weight is 469 g/mol. The van der Waals surface area contributed by atoms with Crippen molar-refractivity contribution in [2.45, 2.75) is 19.3 Å². The minimum absolute atomic E-state index is 0.185. The maximum atomic E-state index is 12.7. The van der Waals surface area contributed by atoms with E-state index in [4.69, 9.17) is 4.74 Å². The minimum Gasteiger partial charge on any atom is -0.493 e. The standard InChI is InChI=1S/C22H24N6O4S/c1-14-23-12-17-19(22(29)27-21(17)26-14)20-16-4-3-15(11-18(16)24-13-25-20)32-8-2-5-28-6-9-33(30,31)10-7-28/h3-4,11-13,19H,2,5-10H2,1H3,(H,23,26,27,29). The highest BCUT2D eigenvalue weighted by atomic mass is 32.2. The van der Waals surface area contributed by atoms with Crippen molar-refractivity contribution in [1.29, 1.82) is 0 Å². The molecule has 2 aliphatic heterocycles. The number of carbonyl (C=O) groups is 1. The van der Waals surface area contributed by atoms with E-state index in [0.29, 0.717) is 53.9 Å². The van der Waals surface area contributed by atoms with E-state index in [1.54, 1.807) is 13.1 Å². The molecule has 1 fully saturated rings. The van der Waals surface area contributed by atoms with Gasteiger partial charge in [-0.2, -0.15) is 0 Å². The van der Waals surface area contributed by atoms with Crippen molar-refractivity contribution < 1.29 is 17.9 Å². The van der Waals surface area contributed by atoms with E-state index in [1.165, 1.54) is 6.33 Å². The molecule has 0 saturated carbocycles. The van der Waals surface area contributed by atoms with Gasteiger partial charge in [-0.15, -0.1) is 0 Å². The maximum absolute atomic E-state index is 12.7. The molecule has 4 heterocycles. The lowest BCUT2D eigenvalue weighted by Crippen LogP contribution is -2.40. The Morgan fingerprint density at radius 2 is 2.00 bits per heavy atom. The number of hydrogen-bond acceptors (Lipinski definition) is 9. The Kier molecular flexibility index (Phi) is 5.67. The Bertz CT molecular complexity index is 1320. The fourth-order valence-electron chi connectivity index (χ4n) is 4.22. The van der Waals surface area contributed by atoms with E-state index < -0.39 is 15.8 Å². The number of ether oxygens (including phenoxy) is 1. The van der Waals surface area contributed by atoms with Gasteiger partial charge in [0.15, 0.2) is 9.84 Å². The van der Waals surface area contributed by atoms with Gasteiger partial charge in [0.2, 0.25) is 5.91 Å². The molecule has 1 atom stereocenters. The van der Waals surface area contributed by atoms with E-state index in [2.05, 4.69) is 30.2 Å². The van der Waals surface area contributed by atoms with Crippen LogP contribution in [0.2, 0.25) is 0 Å². The van der Waals surface area contributed by atoms with Crippen LogP contribution in [-0.4, -0.2) is 76.9 Å². The predicted molar refractivity (Wildman–Crippen MR) is 122 cm³/mol. The molecule has 1 amide bonds. The molecule has 1 aromatic carbocycles. The zero-order valence-corrected chi connectivity index (χ0v) is 19.0. The first-order valence-electron chi connectivity index (χ1n) is 10.8. The van der Waals surface area contributed by atoms with E-state index in [1.807, 2.05) is 18.2 Å². The minimum atomic E-state index is -2.86. The van der Waals surface area contributed by atoms with Gasteiger partial charge < -0.3 is 15.0 Å². The van der Waals surface area contributed by atoms with Crippen LogP contribution in [0.1, 0.15) is 29.4 Å². The van der Waals surface area contributed by atoms with Crippen LogP contribution in [0.3, 0.4) is 0 Å². The first-order valence-corrected chi connectivity index (χ1v) is 12.7. The van der Waals surface area contributed by atoms with Crippen LogP contribution in [0.5, 0.6) is 5.75 Å². The topological polar surface area (TPSA) is 127 Å². The van der Waals surface area contributed by atoms with E-state index >= 15 is 0 Å². The number of fused-ring (bicyclic) bond motifs is 2. The molecular formula is C22H24N6O4S. The second-order valence-electron chi connectivity index (χ2n) is 8.28. The third kappa shape index (κ3) is 4.51. The number of aryl methyl sites for hydroxylation is 1. The summed E-state index contributed by atoms with van der Waals surface area (Å²) in [5.41, 5.74) is 2.00. The normalized spacial score (nSPS) is 19.9. The Balaban J connectivity index is 1.27. The number of rotatable bonds is 6. The van der Waals surface area contributed by atoms with Gasteiger partial charge >= 0.3 is 0 Å². The molecule has 33 heavy (non-hydrogen) atoms. The number of nitrogens with zero attached hydrogens (tertiary/aromatic N) is 5. The largest absolute Gasteiger partial charge is 0.493 e. The van der Waals surface area contributed by atoms with Gasteiger partial charge in [0, 0.05) is 42.8 Å². The van der Waals surface area contributed by atoms with Crippen molar-refractivity contribution in [2.75, 3.05) is 43.1 Å². The number of amides is 1. The number of aromatic nitrogens is 4. The van der Waals surface area contributed by atoms with Gasteiger partial charge in [-0.05, 0) is 25.5 Å². The van der Waals surface area contributed by atoms with Crippen LogP contribution in [0.4, 0.5) is 5.82 Å². The smallest absolute Gasteiger partial charge is 0.239 e. The molecule has 172 valence electrons. The molecule has 1 N–H and O–H groups in total. The van der Waals surface area contributed by atoms with Crippen molar-refractivity contribution in [1.82, 2.24) is 24.8 Å². The monoisotopic (exact) mass is 468 g/mol. The van der Waals surface area contributed by atoms with Crippen LogP contribution in [0.25, 0.3) is 10.9 Å². The second-order valence-corrected chi connectivity index (χ2v) is 10.6. The average Bonchev–Trinajstić information content (AvgIpc) is 3.11. The number of sulfone groups is 1. The highest BCUT2D eigenvalue weighted by Crippen LogP contribution is 2.37. The Morgan fingerprint density at radius 1 is 1.18 bits per heavy atom. The fraction of sp³-hybridized carbons (Fsp3) is 0.409. The molecule has 2 aliphatic rings. The van der Waals surface area contributed by atoms with Crippen molar-refractivity contribution in [3.8, 4) is 5.75 Å². The summed E-state index contributed by atoms with van der Waals surface area (Å²) in [5.74, 6) is 1.49. The van der Waals surface area contributed by atoms with Crippen molar-refractivity contribution >= 4 is 32.5 Å². The fourth-order valence-corrected chi connectivity index (χ4v) is 5.50. The van der Waals surface area contributed by atoms with Gasteiger partial charge in [0.05, 0.1) is 29.3 Å². The summed E-state index contributed by atoms with van der Waals surface area (Å²) < 4.78 is 29.0. The summed E-state index contributed by atoms with van der Waals surface area (Å²) in [7, 11) is -2.86. The summed E-state index contributed by atoms with van der Waals surface area (Å²) in [6, 6.07) is 5.56. The number of hydrogen-bond donors (Lipinski definition) is 1. The Hall–Kier alpha value is -3.18. The summed E-state index contributed by atoms with van der Waals surface area (Å²) in [6.45, 7) is 4.26. The highest BCUT2D eigenvalue weighted by molar-refractivity contribution is 7.91. The Morgan fingerprint density at radius 3 is 2.82 bits per heavy atom. The van der Waals surface area contributed by atoms with E-state index in [9.17, 15) is 13.2 Å². The van der Waals surface area contributed by atoms with Crippen molar-refractivity contribution in [3.63, 3.8) is 0 Å². The predicted octanol–water partition coefficient (Wildman–Crippen LogP) is 1.31. The highest BCUT2D eigenvalue weighted by Gasteiger charge is 2.35. The number of anilines is 1. The van der Waals surface area contributed by atoms with Crippen molar-refractivity contribution in [2.24, 2.45) is 0 Å². The molecular weight excluding hydrogens is 444 g/mol. The molecule has 5 rings (SSSR count). The van der Waals surface area contributed by atoms with Gasteiger partial charge in [0.1, 0.15) is 29.6 Å². The van der Waals surface area contributed by atoms with Gasteiger partial charge in [-0.1, -0.05) is 0 Å². The van der Waals surface area contributed by atoms with Crippen molar-refractivity contribution in [3.05, 3.63) is 47.8 Å². The lowest BCUT2D eigenvalue weighted by Gasteiger charge is -2.26. The lowest BCUT2D eigenvalue weighted by molar-refractivity contribution is -0.116. The van der Waals surface area contributed by atoms with Gasteiger partial charge in [-0.3, -0.25) is 4.79 Å². The summed E-state index contributed by atoms with van der Waals surface area (Å²) in [4.78, 5) is 32.2. The van der Waals surface area contributed by atoms with Gasteiger partial charge in [-0.25, -0.2) is 28.4 Å². The van der Waals surface area contributed by atoms with E-state index in [0.717, 1.165) is 18.4 Å². The molecule has 10 nitrogen and oxygen atoms in total. The maximum Gasteiger partial charge on any atom is 0.239 e. The number of carbonyl (C=O) groups excluding carboxylic acids is 1. The van der Waals surface area contributed by atoms with Crippen LogP contribution < -0.4 is 10.1 Å². The van der Waals surface area contributed by atoms with Crippen LogP contribution in [0, 0.1) is 6.92 Å². The number of benzene rings is 1. The Labute approximate surface area is 191 Å². The molecule has 0 bridgehead atoms. The van der Waals surface area contributed by atoms with Gasteiger partial charge in [0.25, 0.3) is 0 Å². The summed E-state index contributed by atoms with van der Waals surface area (Å²) >= 11 is 0. The summed E-state index contributed by atoms with van der Waals surface area (Å²) in [5, 5.41) is 3.59. The third-order valence-electron chi connectivity index (χ3n) is 5.99. The third-order valence-corrected chi connectivity index (χ3v) is 7.60. The van der Waals surface area contributed by atoms with Crippen LogP contribution >= 0.6 is 0 Å². The van der Waals surface area contributed by atoms with Crippen LogP contribution in [-0.2, 0) is 14.6 Å². The second kappa shape index (κ2) is 8.64. The SMILES string of the molecule is Cc1ncc2c(n1)NC(=O)C2c1ncnc2cc(OCCCN3CCS(=O)(=O)CC3)ccc12. The molecule has 1 unspecified atom stereocenters. The van der Waals surface area contributed by atoms with E-state index in [-0.39, 0.29) is 17.4 Å².